The molecule has 0 bridgehead atoms. The van der Waals surface area contributed by atoms with Crippen LogP contribution in [0.2, 0.25) is 0 Å². The number of aliphatic hydroxyl groups is 1. The molecule has 0 aliphatic rings. The highest BCUT2D eigenvalue weighted by molar-refractivity contribution is 5.84. The Morgan fingerprint density at radius 2 is 1.61 bits per heavy atom. The van der Waals surface area contributed by atoms with Crippen LogP contribution < -0.4 is 5.32 Å². The van der Waals surface area contributed by atoms with Gasteiger partial charge in [-0.05, 0) is 52.3 Å². The van der Waals surface area contributed by atoms with Gasteiger partial charge in [-0.1, -0.05) is 12.1 Å². The van der Waals surface area contributed by atoms with E-state index in [-0.39, 0.29) is 0 Å². The third kappa shape index (κ3) is 4.75. The summed E-state index contributed by atoms with van der Waals surface area (Å²) in [6.07, 6.45) is -0.487. The maximum Gasteiger partial charge on any atom is 0.412 e. The first kappa shape index (κ1) is 14.5. The molecular formula is C14H21NO3. The summed E-state index contributed by atoms with van der Waals surface area (Å²) in [5.74, 6) is 0. The Kier molecular flexibility index (Phi) is 4.02. The standard InChI is InChI=1S/C14H21NO3/c1-13(2,3)18-12(16)15-11-8-6-10(7-9-11)14(4,5)17/h6-9,17H,1-5H3,(H,15,16). The number of hydrogen-bond donors (Lipinski definition) is 2. The quantitative estimate of drug-likeness (QED) is 0.848. The van der Waals surface area contributed by atoms with Gasteiger partial charge in [-0.2, -0.15) is 0 Å². The molecule has 0 unspecified atom stereocenters. The fourth-order valence-corrected chi connectivity index (χ4v) is 1.38. The second-order valence-electron chi connectivity index (χ2n) is 5.76. The van der Waals surface area contributed by atoms with Gasteiger partial charge < -0.3 is 9.84 Å². The summed E-state index contributed by atoms with van der Waals surface area (Å²) >= 11 is 0. The summed E-state index contributed by atoms with van der Waals surface area (Å²) in [4.78, 5) is 11.5. The fraction of sp³-hybridized carbons (Fsp3) is 0.500. The van der Waals surface area contributed by atoms with Crippen molar-refractivity contribution in [2.75, 3.05) is 5.32 Å². The topological polar surface area (TPSA) is 58.6 Å². The summed E-state index contributed by atoms with van der Waals surface area (Å²) in [6, 6.07) is 7.01. The number of amides is 1. The van der Waals surface area contributed by atoms with E-state index in [0.717, 1.165) is 5.56 Å². The summed E-state index contributed by atoms with van der Waals surface area (Å²) in [7, 11) is 0. The number of ether oxygens (including phenoxy) is 1. The van der Waals surface area contributed by atoms with Crippen molar-refractivity contribution in [3.8, 4) is 0 Å². The molecule has 1 aromatic rings. The van der Waals surface area contributed by atoms with E-state index in [9.17, 15) is 9.90 Å². The lowest BCUT2D eigenvalue weighted by Crippen LogP contribution is -2.27. The van der Waals surface area contributed by atoms with Gasteiger partial charge in [0.05, 0.1) is 5.60 Å². The van der Waals surface area contributed by atoms with Crippen LogP contribution in [0.1, 0.15) is 40.2 Å². The Balaban J connectivity index is 2.67. The van der Waals surface area contributed by atoms with Crippen LogP contribution in [0.4, 0.5) is 10.5 Å². The minimum absolute atomic E-state index is 0.487. The van der Waals surface area contributed by atoms with Crippen LogP contribution >= 0.6 is 0 Å². The molecule has 0 radical (unpaired) electrons. The highest BCUT2D eigenvalue weighted by Gasteiger charge is 2.17. The molecule has 0 heterocycles. The van der Waals surface area contributed by atoms with Gasteiger partial charge in [0.25, 0.3) is 0 Å². The lowest BCUT2D eigenvalue weighted by Gasteiger charge is -2.20. The van der Waals surface area contributed by atoms with Crippen LogP contribution in [0.25, 0.3) is 0 Å². The van der Waals surface area contributed by atoms with Gasteiger partial charge in [0, 0.05) is 5.69 Å². The number of rotatable bonds is 2. The lowest BCUT2D eigenvalue weighted by atomic mass is 9.98. The third-order valence-electron chi connectivity index (χ3n) is 2.24. The van der Waals surface area contributed by atoms with E-state index in [0.29, 0.717) is 5.69 Å². The van der Waals surface area contributed by atoms with E-state index in [1.165, 1.54) is 0 Å². The number of carbonyl (C=O) groups is 1. The number of anilines is 1. The predicted molar refractivity (Wildman–Crippen MR) is 71.5 cm³/mol. The molecule has 4 heteroatoms. The van der Waals surface area contributed by atoms with E-state index in [2.05, 4.69) is 5.32 Å². The van der Waals surface area contributed by atoms with Gasteiger partial charge >= 0.3 is 6.09 Å². The number of carbonyl (C=O) groups excluding carboxylic acids is 1. The molecule has 1 aromatic carbocycles. The summed E-state index contributed by atoms with van der Waals surface area (Å²) in [5.41, 5.74) is 0.0242. The Bertz CT molecular complexity index is 410. The van der Waals surface area contributed by atoms with Crippen molar-refractivity contribution >= 4 is 11.8 Å². The maximum absolute atomic E-state index is 11.5. The number of hydrogen-bond acceptors (Lipinski definition) is 3. The van der Waals surface area contributed by atoms with Crippen LogP contribution in [0, 0.1) is 0 Å². The Morgan fingerprint density at radius 3 is 2.00 bits per heavy atom. The van der Waals surface area contributed by atoms with Gasteiger partial charge in [0.1, 0.15) is 5.60 Å². The highest BCUT2D eigenvalue weighted by Crippen LogP contribution is 2.21. The summed E-state index contributed by atoms with van der Waals surface area (Å²) in [5, 5.41) is 12.4. The van der Waals surface area contributed by atoms with Gasteiger partial charge in [-0.15, -0.1) is 0 Å². The van der Waals surface area contributed by atoms with E-state index in [4.69, 9.17) is 4.74 Å². The minimum Gasteiger partial charge on any atom is -0.444 e. The molecule has 1 rings (SSSR count). The monoisotopic (exact) mass is 251 g/mol. The first-order valence-corrected chi connectivity index (χ1v) is 5.91. The molecule has 0 aromatic heterocycles. The smallest absolute Gasteiger partial charge is 0.412 e. The third-order valence-corrected chi connectivity index (χ3v) is 2.24. The Morgan fingerprint density at radius 1 is 1.11 bits per heavy atom. The molecule has 0 spiro atoms. The molecule has 0 aliphatic carbocycles. The first-order chi connectivity index (χ1) is 8.08. The van der Waals surface area contributed by atoms with Crippen molar-refractivity contribution < 1.29 is 14.6 Å². The average molecular weight is 251 g/mol. The van der Waals surface area contributed by atoms with Crippen molar-refractivity contribution in [3.63, 3.8) is 0 Å². The molecule has 0 atom stereocenters. The zero-order valence-electron chi connectivity index (χ0n) is 11.6. The van der Waals surface area contributed by atoms with Crippen LogP contribution in [-0.4, -0.2) is 16.8 Å². The predicted octanol–water partition coefficient (Wildman–Crippen LogP) is 3.26. The Labute approximate surface area is 108 Å². The van der Waals surface area contributed by atoms with Gasteiger partial charge in [0.2, 0.25) is 0 Å². The maximum atomic E-state index is 11.5. The largest absolute Gasteiger partial charge is 0.444 e. The van der Waals surface area contributed by atoms with E-state index in [1.54, 1.807) is 38.1 Å². The molecule has 0 aliphatic heterocycles. The molecule has 100 valence electrons. The lowest BCUT2D eigenvalue weighted by molar-refractivity contribution is 0.0636. The average Bonchev–Trinajstić information content (AvgIpc) is 2.13. The van der Waals surface area contributed by atoms with E-state index < -0.39 is 17.3 Å². The normalized spacial score (nSPS) is 12.1. The zero-order chi connectivity index (χ0) is 14.0. The molecule has 2 N–H and O–H groups in total. The van der Waals surface area contributed by atoms with Crippen LogP contribution in [0.3, 0.4) is 0 Å². The second kappa shape index (κ2) is 4.98. The Hall–Kier alpha value is -1.55. The summed E-state index contributed by atoms with van der Waals surface area (Å²) < 4.78 is 5.14. The molecule has 18 heavy (non-hydrogen) atoms. The van der Waals surface area contributed by atoms with Gasteiger partial charge in [0.15, 0.2) is 0 Å². The van der Waals surface area contributed by atoms with Crippen LogP contribution in [0.5, 0.6) is 0 Å². The molecule has 0 saturated heterocycles. The van der Waals surface area contributed by atoms with Crippen molar-refractivity contribution in [3.05, 3.63) is 29.8 Å². The van der Waals surface area contributed by atoms with Crippen molar-refractivity contribution in [2.45, 2.75) is 45.8 Å². The summed E-state index contributed by atoms with van der Waals surface area (Å²) in [6.45, 7) is 8.85. The van der Waals surface area contributed by atoms with Crippen molar-refractivity contribution in [1.82, 2.24) is 0 Å². The molecule has 0 fully saturated rings. The SMILES string of the molecule is CC(C)(C)OC(=O)Nc1ccc(C(C)(C)O)cc1. The molecular weight excluding hydrogens is 230 g/mol. The van der Waals surface area contributed by atoms with Crippen molar-refractivity contribution in [1.29, 1.82) is 0 Å². The van der Waals surface area contributed by atoms with Gasteiger partial charge in [-0.25, -0.2) is 4.79 Å². The minimum atomic E-state index is -0.884. The van der Waals surface area contributed by atoms with Gasteiger partial charge in [-0.3, -0.25) is 5.32 Å². The number of benzene rings is 1. The van der Waals surface area contributed by atoms with E-state index >= 15 is 0 Å². The first-order valence-electron chi connectivity index (χ1n) is 5.91. The molecule has 0 saturated carbocycles. The highest BCUT2D eigenvalue weighted by atomic mass is 16.6. The van der Waals surface area contributed by atoms with E-state index in [1.807, 2.05) is 20.8 Å². The number of nitrogens with one attached hydrogen (secondary N) is 1. The van der Waals surface area contributed by atoms with Crippen LogP contribution in [0.15, 0.2) is 24.3 Å². The van der Waals surface area contributed by atoms with Crippen molar-refractivity contribution in [2.24, 2.45) is 0 Å². The zero-order valence-corrected chi connectivity index (χ0v) is 11.6. The molecule has 1 amide bonds. The molecule has 4 nitrogen and oxygen atoms in total. The second-order valence-corrected chi connectivity index (χ2v) is 5.76. The fourth-order valence-electron chi connectivity index (χ4n) is 1.38. The van der Waals surface area contributed by atoms with Crippen LogP contribution in [-0.2, 0) is 10.3 Å².